The lowest BCUT2D eigenvalue weighted by molar-refractivity contribution is -0.136. The van der Waals surface area contributed by atoms with E-state index in [2.05, 4.69) is 17.7 Å². The molecule has 3 unspecified atom stereocenters. The van der Waals surface area contributed by atoms with Crippen LogP contribution in [0.15, 0.2) is 36.7 Å². The zero-order valence-electron chi connectivity index (χ0n) is 16.6. The fourth-order valence-electron chi connectivity index (χ4n) is 4.58. The van der Waals surface area contributed by atoms with E-state index in [0.717, 1.165) is 31.2 Å². The van der Waals surface area contributed by atoms with Crippen LogP contribution in [0.1, 0.15) is 61.4 Å². The van der Waals surface area contributed by atoms with Crippen LogP contribution in [-0.4, -0.2) is 40.4 Å². The second kappa shape index (κ2) is 8.35. The Morgan fingerprint density at radius 3 is 2.75 bits per heavy atom. The number of rotatable bonds is 6. The molecule has 0 bridgehead atoms. The number of unbranched alkanes of at least 4 members (excludes halogenated alkanes) is 1. The zero-order valence-corrected chi connectivity index (χ0v) is 16.6. The summed E-state index contributed by atoms with van der Waals surface area (Å²) in [5, 5.41) is 4.95. The highest BCUT2D eigenvalue weighted by molar-refractivity contribution is 5.94. The number of benzene rings is 1. The van der Waals surface area contributed by atoms with Gasteiger partial charge in [0, 0.05) is 36.5 Å². The van der Waals surface area contributed by atoms with E-state index >= 15 is 0 Å². The summed E-state index contributed by atoms with van der Waals surface area (Å²) >= 11 is 0. The van der Waals surface area contributed by atoms with Crippen molar-refractivity contribution in [3.63, 3.8) is 0 Å². The number of carbonyl (C=O) groups is 2. The summed E-state index contributed by atoms with van der Waals surface area (Å²) in [5.41, 5.74) is 5.20. The predicted octanol–water partition coefficient (Wildman–Crippen LogP) is 2.78. The van der Waals surface area contributed by atoms with Crippen LogP contribution < -0.4 is 10.7 Å². The molecule has 3 atom stereocenters. The summed E-state index contributed by atoms with van der Waals surface area (Å²) in [6.07, 6.45) is 10.7. The quantitative estimate of drug-likeness (QED) is 0.743. The van der Waals surface area contributed by atoms with Gasteiger partial charge >= 0.3 is 0 Å². The molecule has 0 radical (unpaired) electrons. The van der Waals surface area contributed by atoms with Gasteiger partial charge in [-0.25, -0.2) is 5.43 Å². The van der Waals surface area contributed by atoms with Crippen molar-refractivity contribution in [1.29, 1.82) is 0 Å². The van der Waals surface area contributed by atoms with E-state index in [1.807, 2.05) is 46.6 Å². The first-order valence-electron chi connectivity index (χ1n) is 10.6. The third-order valence-corrected chi connectivity index (χ3v) is 6.17. The summed E-state index contributed by atoms with van der Waals surface area (Å²) in [6, 6.07) is 7.92. The van der Waals surface area contributed by atoms with E-state index < -0.39 is 0 Å². The second-order valence-corrected chi connectivity index (χ2v) is 8.11. The van der Waals surface area contributed by atoms with Crippen molar-refractivity contribution in [2.75, 3.05) is 6.54 Å². The van der Waals surface area contributed by atoms with Gasteiger partial charge in [0.1, 0.15) is 6.04 Å². The average molecular weight is 383 g/mol. The van der Waals surface area contributed by atoms with Crippen molar-refractivity contribution in [2.24, 2.45) is 5.92 Å². The molecule has 3 aliphatic rings. The summed E-state index contributed by atoms with van der Waals surface area (Å²) in [6.45, 7) is 3.35. The van der Waals surface area contributed by atoms with Crippen LogP contribution in [0, 0.1) is 5.92 Å². The van der Waals surface area contributed by atoms with Crippen LogP contribution in [0.25, 0.3) is 0 Å². The molecule has 1 saturated carbocycles. The van der Waals surface area contributed by atoms with Crippen molar-refractivity contribution in [3.8, 4) is 0 Å². The largest absolute Gasteiger partial charge is 0.352 e. The van der Waals surface area contributed by atoms with Gasteiger partial charge in [0.15, 0.2) is 0 Å². The molecular formula is C22H30N4O2. The number of nitrogens with one attached hydrogen (secondary N) is 2. The molecule has 2 fully saturated rings. The second-order valence-electron chi connectivity index (χ2n) is 8.11. The standard InChI is InChI=1S/C22H30N4O2/c1-2-3-12-23-21(27)17-10-8-16(9-11-17)15-25-13-14-26-20(22(25)28)18-6-4-5-7-19(18)24-26/h8-11,13-14,18-20,24H,2-7,12,15H2,1H3,(H,23,27). The van der Waals surface area contributed by atoms with Gasteiger partial charge < -0.3 is 15.2 Å². The molecule has 2 N–H and O–H groups in total. The number of amides is 2. The van der Waals surface area contributed by atoms with Gasteiger partial charge in [0.25, 0.3) is 11.8 Å². The smallest absolute Gasteiger partial charge is 0.251 e. The van der Waals surface area contributed by atoms with E-state index in [4.69, 9.17) is 0 Å². The summed E-state index contributed by atoms with van der Waals surface area (Å²) < 4.78 is 0. The Bertz CT molecular complexity index is 745. The van der Waals surface area contributed by atoms with Crippen LogP contribution in [0.2, 0.25) is 0 Å². The molecule has 4 rings (SSSR count). The van der Waals surface area contributed by atoms with Crippen LogP contribution in [0.5, 0.6) is 0 Å². The molecule has 6 heteroatoms. The van der Waals surface area contributed by atoms with Crippen molar-refractivity contribution in [1.82, 2.24) is 20.7 Å². The lowest BCUT2D eigenvalue weighted by atomic mass is 9.81. The number of carbonyl (C=O) groups excluding carboxylic acids is 2. The number of hydrogen-bond acceptors (Lipinski definition) is 4. The molecular weight excluding hydrogens is 352 g/mol. The van der Waals surface area contributed by atoms with Gasteiger partial charge in [-0.15, -0.1) is 0 Å². The highest BCUT2D eigenvalue weighted by Crippen LogP contribution is 2.36. The van der Waals surface area contributed by atoms with Crippen molar-refractivity contribution < 1.29 is 9.59 Å². The van der Waals surface area contributed by atoms with E-state index in [9.17, 15) is 9.59 Å². The average Bonchev–Trinajstić information content (AvgIpc) is 3.10. The third-order valence-electron chi connectivity index (χ3n) is 6.17. The van der Waals surface area contributed by atoms with Crippen LogP contribution in [0.3, 0.4) is 0 Å². The molecule has 1 aromatic rings. The fraction of sp³-hybridized carbons (Fsp3) is 0.545. The van der Waals surface area contributed by atoms with E-state index in [0.29, 0.717) is 30.6 Å². The number of hydrogen-bond donors (Lipinski definition) is 2. The molecule has 6 nitrogen and oxygen atoms in total. The maximum Gasteiger partial charge on any atom is 0.251 e. The lowest BCUT2D eigenvalue weighted by Crippen LogP contribution is -2.49. The molecule has 28 heavy (non-hydrogen) atoms. The minimum absolute atomic E-state index is 0.0371. The summed E-state index contributed by atoms with van der Waals surface area (Å²) in [5.74, 6) is 0.540. The number of fused-ring (bicyclic) bond motifs is 3. The van der Waals surface area contributed by atoms with Gasteiger partial charge in [-0.3, -0.25) is 9.59 Å². The minimum Gasteiger partial charge on any atom is -0.352 e. The molecule has 0 aromatic heterocycles. The van der Waals surface area contributed by atoms with E-state index in [-0.39, 0.29) is 17.9 Å². The maximum absolute atomic E-state index is 13.1. The Balaban J connectivity index is 1.39. The third kappa shape index (κ3) is 3.78. The summed E-state index contributed by atoms with van der Waals surface area (Å²) in [4.78, 5) is 27.1. The molecule has 2 amide bonds. The first-order valence-corrected chi connectivity index (χ1v) is 10.6. The molecule has 1 aromatic carbocycles. The first kappa shape index (κ1) is 19.0. The monoisotopic (exact) mass is 382 g/mol. The van der Waals surface area contributed by atoms with Gasteiger partial charge in [0.05, 0.1) is 6.54 Å². The van der Waals surface area contributed by atoms with Crippen LogP contribution in [-0.2, 0) is 11.3 Å². The SMILES string of the molecule is CCCCNC(=O)c1ccc(CN2C=CN3NC4CCCCC4C3C2=O)cc1. The topological polar surface area (TPSA) is 64.7 Å². The molecule has 0 spiro atoms. The van der Waals surface area contributed by atoms with Crippen molar-refractivity contribution in [2.45, 2.75) is 64.1 Å². The lowest BCUT2D eigenvalue weighted by Gasteiger charge is -2.34. The fourth-order valence-corrected chi connectivity index (χ4v) is 4.58. The summed E-state index contributed by atoms with van der Waals surface area (Å²) in [7, 11) is 0. The molecule has 150 valence electrons. The predicted molar refractivity (Wildman–Crippen MR) is 108 cm³/mol. The molecule has 1 saturated heterocycles. The van der Waals surface area contributed by atoms with Crippen LogP contribution in [0.4, 0.5) is 0 Å². The Morgan fingerprint density at radius 2 is 1.96 bits per heavy atom. The Hall–Kier alpha value is -2.34. The van der Waals surface area contributed by atoms with E-state index in [1.165, 1.54) is 12.8 Å². The number of nitrogens with zero attached hydrogens (tertiary/aromatic N) is 2. The van der Waals surface area contributed by atoms with Gasteiger partial charge in [-0.05, 0) is 37.0 Å². The normalized spacial score (nSPS) is 26.2. The van der Waals surface area contributed by atoms with Crippen molar-refractivity contribution in [3.05, 3.63) is 47.8 Å². The van der Waals surface area contributed by atoms with Gasteiger partial charge in [0.2, 0.25) is 0 Å². The maximum atomic E-state index is 13.1. The van der Waals surface area contributed by atoms with Crippen molar-refractivity contribution >= 4 is 11.8 Å². The Labute approximate surface area is 166 Å². The Kier molecular flexibility index (Phi) is 5.67. The Morgan fingerprint density at radius 1 is 1.18 bits per heavy atom. The minimum atomic E-state index is -0.0843. The highest BCUT2D eigenvalue weighted by Gasteiger charge is 2.47. The highest BCUT2D eigenvalue weighted by atomic mass is 16.2. The van der Waals surface area contributed by atoms with Gasteiger partial charge in [-0.1, -0.05) is 38.3 Å². The molecule has 2 aliphatic heterocycles. The first-order chi connectivity index (χ1) is 13.7. The van der Waals surface area contributed by atoms with Crippen LogP contribution >= 0.6 is 0 Å². The zero-order chi connectivity index (χ0) is 19.5. The molecule has 1 aliphatic carbocycles. The van der Waals surface area contributed by atoms with Gasteiger partial charge in [-0.2, -0.15) is 0 Å². The van der Waals surface area contributed by atoms with E-state index in [1.54, 1.807) is 0 Å². The molecule has 2 heterocycles. The number of hydrazine groups is 1.